The first-order chi connectivity index (χ1) is 27.2. The average Bonchev–Trinajstić information content (AvgIpc) is 3.17. The zero-order valence-electron chi connectivity index (χ0n) is 31.5. The second-order valence-electron chi connectivity index (χ2n) is 14.2. The van der Waals surface area contributed by atoms with E-state index in [1.165, 1.54) is 38.2 Å². The quantitative estimate of drug-likeness (QED) is 0.156. The van der Waals surface area contributed by atoms with Crippen molar-refractivity contribution in [2.45, 2.75) is 50.9 Å². The molecule has 6 N–H and O–H groups in total. The maximum absolute atomic E-state index is 14.1. The molecular formula is C42H43ClN6O8. The number of phenolic OH excluding ortho intramolecular Hbond substituents is 2. The van der Waals surface area contributed by atoms with Crippen molar-refractivity contribution in [3.8, 4) is 33.8 Å². The number of phenols is 2. The second kappa shape index (κ2) is 17.2. The van der Waals surface area contributed by atoms with Gasteiger partial charge in [-0.25, -0.2) is 0 Å². The number of nitrogens with zero attached hydrogens (tertiary/aromatic N) is 2. The fourth-order valence-corrected chi connectivity index (χ4v) is 6.81. The molecule has 14 nitrogen and oxygen atoms in total. The van der Waals surface area contributed by atoms with Gasteiger partial charge in [0.05, 0.1) is 6.54 Å². The zero-order valence-corrected chi connectivity index (χ0v) is 32.3. The molecule has 57 heavy (non-hydrogen) atoms. The number of likely N-dealkylation sites (tertiary alicyclic amines) is 1. The molecule has 1 saturated heterocycles. The highest BCUT2D eigenvalue weighted by Gasteiger charge is 2.34. The molecule has 0 saturated carbocycles. The first-order valence-electron chi connectivity index (χ1n) is 18.4. The standard InChI is InChI=1S/C42H43ClN6O8/c1-23-38(53)47-33(40(55)46-24(2)42(57)49-17-4-18-49)20-25-5-15-34(50)31(19-25)32-21-29(12-16-35(32)51)37(41(56)45-23)48(3)36(52)22-44-39(54)28-8-6-26(7-9-28)27-10-13-30(43)14-11-27/h5-16,19,21,23-24,33,37,50-51H,4,17-18,20,22H2,1-3H3,(H,44,54)(H,45,56)(H,46,55)(H,47,53)/t23-,24-,33-,37?/m0/s1. The Morgan fingerprint density at radius 2 is 1.47 bits per heavy atom. The van der Waals surface area contributed by atoms with Crippen LogP contribution in [0.25, 0.3) is 22.3 Å². The topological polar surface area (TPSA) is 197 Å². The summed E-state index contributed by atoms with van der Waals surface area (Å²) in [7, 11) is 1.36. The van der Waals surface area contributed by atoms with E-state index in [1.807, 2.05) is 12.1 Å². The van der Waals surface area contributed by atoms with Crippen LogP contribution in [0.1, 0.15) is 47.8 Å². The van der Waals surface area contributed by atoms with E-state index in [0.29, 0.717) is 29.2 Å². The third-order valence-electron chi connectivity index (χ3n) is 10.2. The van der Waals surface area contributed by atoms with Crippen molar-refractivity contribution in [2.24, 2.45) is 0 Å². The zero-order chi connectivity index (χ0) is 41.0. The number of aromatic hydroxyl groups is 2. The number of amides is 6. The first kappa shape index (κ1) is 40.3. The van der Waals surface area contributed by atoms with Crippen LogP contribution in [0.2, 0.25) is 5.02 Å². The summed E-state index contributed by atoms with van der Waals surface area (Å²) in [4.78, 5) is 83.5. The van der Waals surface area contributed by atoms with Gasteiger partial charge in [0.25, 0.3) is 5.91 Å². The smallest absolute Gasteiger partial charge is 0.251 e. The van der Waals surface area contributed by atoms with E-state index in [-0.39, 0.29) is 40.5 Å². The summed E-state index contributed by atoms with van der Waals surface area (Å²) < 4.78 is 0. The molecule has 4 bridgehead atoms. The molecular weight excluding hydrogens is 752 g/mol. The van der Waals surface area contributed by atoms with Crippen molar-refractivity contribution in [1.29, 1.82) is 0 Å². The van der Waals surface area contributed by atoms with Gasteiger partial charge in [0.15, 0.2) is 0 Å². The van der Waals surface area contributed by atoms with Crippen LogP contribution in [-0.2, 0) is 30.4 Å². The van der Waals surface area contributed by atoms with Crippen LogP contribution in [0.5, 0.6) is 11.5 Å². The number of likely N-dealkylation sites (N-methyl/N-ethyl adjacent to an activating group) is 1. The van der Waals surface area contributed by atoms with Gasteiger partial charge in [-0.1, -0.05) is 48.0 Å². The van der Waals surface area contributed by atoms with Crippen LogP contribution < -0.4 is 21.3 Å². The molecule has 0 radical (unpaired) electrons. The van der Waals surface area contributed by atoms with Gasteiger partial charge in [0.2, 0.25) is 29.5 Å². The largest absolute Gasteiger partial charge is 0.507 e. The Morgan fingerprint density at radius 3 is 2.11 bits per heavy atom. The lowest BCUT2D eigenvalue weighted by atomic mass is 9.93. The molecule has 2 aliphatic heterocycles. The number of carbonyl (C=O) groups is 6. The van der Waals surface area contributed by atoms with E-state index in [2.05, 4.69) is 21.3 Å². The van der Waals surface area contributed by atoms with Crippen LogP contribution in [0.15, 0.2) is 84.9 Å². The van der Waals surface area contributed by atoms with Gasteiger partial charge in [-0.3, -0.25) is 28.8 Å². The molecule has 1 fully saturated rings. The Kier molecular flexibility index (Phi) is 12.1. The van der Waals surface area contributed by atoms with E-state index in [1.54, 1.807) is 60.4 Å². The monoisotopic (exact) mass is 794 g/mol. The number of halogens is 1. The van der Waals surface area contributed by atoms with Crippen molar-refractivity contribution >= 4 is 47.0 Å². The van der Waals surface area contributed by atoms with Gasteiger partial charge in [-0.05, 0) is 91.1 Å². The van der Waals surface area contributed by atoms with E-state index in [9.17, 15) is 39.0 Å². The molecule has 296 valence electrons. The molecule has 2 aliphatic rings. The minimum Gasteiger partial charge on any atom is -0.507 e. The lowest BCUT2D eigenvalue weighted by molar-refractivity contribution is -0.140. The molecule has 6 amide bonds. The molecule has 1 unspecified atom stereocenters. The average molecular weight is 795 g/mol. The summed E-state index contributed by atoms with van der Waals surface area (Å²) in [6.45, 7) is 3.68. The molecule has 2 heterocycles. The summed E-state index contributed by atoms with van der Waals surface area (Å²) in [5, 5.41) is 33.1. The number of nitrogens with one attached hydrogen (secondary N) is 4. The van der Waals surface area contributed by atoms with Crippen molar-refractivity contribution in [2.75, 3.05) is 26.7 Å². The normalized spacial score (nSPS) is 18.5. The van der Waals surface area contributed by atoms with Gasteiger partial charge in [-0.15, -0.1) is 0 Å². The molecule has 15 heteroatoms. The summed E-state index contributed by atoms with van der Waals surface area (Å²) in [6.07, 6.45) is 0.814. The number of rotatable bonds is 8. The number of hydrogen-bond acceptors (Lipinski definition) is 8. The summed E-state index contributed by atoms with van der Waals surface area (Å²) in [5.74, 6) is -4.03. The minimum absolute atomic E-state index is 0.0608. The Hall–Kier alpha value is -6.41. The summed E-state index contributed by atoms with van der Waals surface area (Å²) >= 11 is 6.00. The molecule has 0 aliphatic carbocycles. The van der Waals surface area contributed by atoms with Crippen LogP contribution in [0, 0.1) is 0 Å². The Morgan fingerprint density at radius 1 is 0.860 bits per heavy atom. The number of hydrogen-bond donors (Lipinski definition) is 6. The molecule has 6 rings (SSSR count). The highest BCUT2D eigenvalue weighted by atomic mass is 35.5. The van der Waals surface area contributed by atoms with Crippen molar-refractivity contribution < 1.29 is 39.0 Å². The molecule has 0 spiro atoms. The van der Waals surface area contributed by atoms with Gasteiger partial charge in [0.1, 0.15) is 35.7 Å². The van der Waals surface area contributed by atoms with Crippen LogP contribution in [0.3, 0.4) is 0 Å². The first-order valence-corrected chi connectivity index (χ1v) is 18.8. The van der Waals surface area contributed by atoms with Crippen LogP contribution >= 0.6 is 11.6 Å². The predicted octanol–water partition coefficient (Wildman–Crippen LogP) is 3.30. The van der Waals surface area contributed by atoms with Gasteiger partial charge >= 0.3 is 0 Å². The van der Waals surface area contributed by atoms with Crippen molar-refractivity contribution in [3.63, 3.8) is 0 Å². The SMILES string of the molecule is C[C@@H]1NC(=O)C(N(C)C(=O)CNC(=O)c2ccc(-c3ccc(Cl)cc3)cc2)c2ccc(O)c(c2)-c2cc(ccc2O)C[C@@H](C(=O)N[C@@H](C)C(=O)N2CCC2)NC1=O. The summed E-state index contributed by atoms with van der Waals surface area (Å²) in [5.41, 5.74) is 3.08. The molecule has 4 atom stereocenters. The van der Waals surface area contributed by atoms with Gasteiger partial charge < -0.3 is 41.3 Å². The number of carbonyl (C=O) groups excluding carboxylic acids is 6. The van der Waals surface area contributed by atoms with Crippen LogP contribution in [0.4, 0.5) is 0 Å². The number of benzene rings is 4. The van der Waals surface area contributed by atoms with Gasteiger partial charge in [-0.2, -0.15) is 0 Å². The Labute approximate surface area is 334 Å². The number of fused-ring (bicyclic) bond motifs is 5. The highest BCUT2D eigenvalue weighted by molar-refractivity contribution is 6.30. The third kappa shape index (κ3) is 9.18. The van der Waals surface area contributed by atoms with Crippen molar-refractivity contribution in [3.05, 3.63) is 107 Å². The second-order valence-corrected chi connectivity index (χ2v) is 14.6. The van der Waals surface area contributed by atoms with E-state index >= 15 is 0 Å². The van der Waals surface area contributed by atoms with E-state index in [4.69, 9.17) is 11.6 Å². The summed E-state index contributed by atoms with van der Waals surface area (Å²) in [6, 6.07) is 18.0. The Bertz CT molecular complexity index is 2210. The van der Waals surface area contributed by atoms with Gasteiger partial charge in [0, 0.05) is 48.3 Å². The fourth-order valence-electron chi connectivity index (χ4n) is 6.69. The van der Waals surface area contributed by atoms with Crippen molar-refractivity contribution in [1.82, 2.24) is 31.1 Å². The minimum atomic E-state index is -1.39. The predicted molar refractivity (Wildman–Crippen MR) is 212 cm³/mol. The molecule has 4 aromatic carbocycles. The fraction of sp³-hybridized carbons (Fsp3) is 0.286. The van der Waals surface area contributed by atoms with Crippen LogP contribution in [-0.4, -0.2) is 100 Å². The molecule has 0 aromatic heterocycles. The maximum atomic E-state index is 14.1. The molecule has 4 aromatic rings. The maximum Gasteiger partial charge on any atom is 0.251 e. The lowest BCUT2D eigenvalue weighted by Gasteiger charge is -2.33. The highest BCUT2D eigenvalue weighted by Crippen LogP contribution is 2.38. The third-order valence-corrected chi connectivity index (χ3v) is 10.4. The van der Waals surface area contributed by atoms with E-state index < -0.39 is 60.2 Å². The van der Waals surface area contributed by atoms with E-state index in [0.717, 1.165) is 22.4 Å². The Balaban J connectivity index is 1.24. The lowest BCUT2D eigenvalue weighted by Crippen LogP contribution is -2.58.